The molecule has 0 heterocycles. The molecule has 8 heavy (non-hydrogen) atoms. The van der Waals surface area contributed by atoms with Crippen LogP contribution in [0.15, 0.2) is 0 Å². The van der Waals surface area contributed by atoms with Gasteiger partial charge in [-0.25, -0.2) is 0 Å². The van der Waals surface area contributed by atoms with Gasteiger partial charge in [-0.15, -0.1) is 0 Å². The van der Waals surface area contributed by atoms with Crippen LogP contribution in [0.2, 0.25) is 0 Å². The lowest BCUT2D eigenvalue weighted by Gasteiger charge is -1.83. The summed E-state index contributed by atoms with van der Waals surface area (Å²) >= 11 is 0. The molecular weight excluding hydrogens is 96.1 g/mol. The van der Waals surface area contributed by atoms with Crippen LogP contribution in [0.1, 0.15) is 26.7 Å². The molecule has 1 fully saturated rings. The van der Waals surface area contributed by atoms with Crippen LogP contribution in [0, 0.1) is 23.7 Å². The molecular formula is C8H11. The summed E-state index contributed by atoms with van der Waals surface area (Å²) in [5.41, 5.74) is 0. The molecule has 1 rings (SSSR count). The largest absolute Gasteiger partial charge is 0.0993 e. The third-order valence-corrected chi connectivity index (χ3v) is 1.10. The Balaban J connectivity index is 2.23. The lowest BCUT2D eigenvalue weighted by atomic mass is 10.2. The molecule has 0 bridgehead atoms. The Kier molecular flexibility index (Phi) is 1.58. The zero-order valence-electron chi connectivity index (χ0n) is 5.49. The summed E-state index contributed by atoms with van der Waals surface area (Å²) in [7, 11) is 0. The van der Waals surface area contributed by atoms with Gasteiger partial charge in [-0.3, -0.25) is 0 Å². The molecule has 0 heteroatoms. The van der Waals surface area contributed by atoms with Crippen LogP contribution in [-0.2, 0) is 0 Å². The summed E-state index contributed by atoms with van der Waals surface area (Å²) in [6.07, 6.45) is 2.67. The Morgan fingerprint density at radius 2 is 2.00 bits per heavy atom. The first kappa shape index (κ1) is 5.69. The van der Waals surface area contributed by atoms with E-state index in [1.54, 1.807) is 0 Å². The Hall–Kier alpha value is -0.440. The van der Waals surface area contributed by atoms with Crippen LogP contribution >= 0.6 is 0 Å². The highest BCUT2D eigenvalue weighted by Gasteiger charge is 2.17. The lowest BCUT2D eigenvalue weighted by molar-refractivity contribution is 1.16. The van der Waals surface area contributed by atoms with Gasteiger partial charge in [0, 0.05) is 11.8 Å². The van der Waals surface area contributed by atoms with E-state index in [1.165, 1.54) is 18.8 Å². The van der Waals surface area contributed by atoms with Crippen LogP contribution in [0.25, 0.3) is 0 Å². The first-order valence-electron chi connectivity index (χ1n) is 3.11. The van der Waals surface area contributed by atoms with Crippen LogP contribution in [0.3, 0.4) is 0 Å². The van der Waals surface area contributed by atoms with Crippen molar-refractivity contribution in [2.45, 2.75) is 26.7 Å². The molecule has 1 aliphatic carbocycles. The van der Waals surface area contributed by atoms with Gasteiger partial charge < -0.3 is 0 Å². The third-order valence-electron chi connectivity index (χ3n) is 1.10. The van der Waals surface area contributed by atoms with Gasteiger partial charge in [0.15, 0.2) is 0 Å². The summed E-state index contributed by atoms with van der Waals surface area (Å²) in [4.78, 5) is 0. The molecule has 0 unspecified atom stereocenters. The smallest absolute Gasteiger partial charge is 0.0418 e. The normalized spacial score (nSPS) is 17.9. The summed E-state index contributed by atoms with van der Waals surface area (Å²) < 4.78 is 0. The van der Waals surface area contributed by atoms with Crippen LogP contribution < -0.4 is 0 Å². The minimum Gasteiger partial charge on any atom is -0.0993 e. The first-order chi connectivity index (χ1) is 3.79. The minimum atomic E-state index is 0.755. The molecule has 1 radical (unpaired) electrons. The fraction of sp³-hybridized carbons (Fsp3) is 0.625. The van der Waals surface area contributed by atoms with E-state index < -0.39 is 0 Å². The van der Waals surface area contributed by atoms with Crippen molar-refractivity contribution in [2.75, 3.05) is 0 Å². The Labute approximate surface area is 51.3 Å². The van der Waals surface area contributed by atoms with Crippen molar-refractivity contribution < 1.29 is 0 Å². The van der Waals surface area contributed by atoms with E-state index in [9.17, 15) is 0 Å². The molecule has 0 amide bonds. The van der Waals surface area contributed by atoms with E-state index in [2.05, 4.69) is 25.7 Å². The van der Waals surface area contributed by atoms with Gasteiger partial charge in [0.05, 0.1) is 0 Å². The second kappa shape index (κ2) is 2.22. The maximum atomic E-state index is 3.17. The minimum absolute atomic E-state index is 0.755. The predicted octanol–water partition coefficient (Wildman–Crippen LogP) is 2.01. The molecule has 0 saturated heterocycles. The molecule has 0 aromatic carbocycles. The quantitative estimate of drug-likeness (QED) is 0.415. The monoisotopic (exact) mass is 107 g/mol. The molecule has 0 N–H and O–H groups in total. The number of rotatable bonds is 0. The molecule has 0 atom stereocenters. The lowest BCUT2D eigenvalue weighted by Crippen LogP contribution is -1.74. The van der Waals surface area contributed by atoms with Gasteiger partial charge in [0.25, 0.3) is 0 Å². The Bertz CT molecular complexity index is 113. The number of hydrogen-bond acceptors (Lipinski definition) is 0. The van der Waals surface area contributed by atoms with Crippen molar-refractivity contribution in [3.63, 3.8) is 0 Å². The van der Waals surface area contributed by atoms with Gasteiger partial charge in [0.2, 0.25) is 0 Å². The first-order valence-corrected chi connectivity index (χ1v) is 3.11. The predicted molar refractivity (Wildman–Crippen MR) is 35.1 cm³/mol. The van der Waals surface area contributed by atoms with E-state index in [1.807, 2.05) is 0 Å². The average molecular weight is 107 g/mol. The third kappa shape index (κ3) is 2.02. The molecule has 1 aliphatic rings. The van der Waals surface area contributed by atoms with Crippen LogP contribution in [-0.4, -0.2) is 0 Å². The Morgan fingerprint density at radius 1 is 1.38 bits per heavy atom. The van der Waals surface area contributed by atoms with Crippen LogP contribution in [0.4, 0.5) is 0 Å². The van der Waals surface area contributed by atoms with E-state index in [-0.39, 0.29) is 0 Å². The molecule has 0 aromatic heterocycles. The highest BCUT2D eigenvalue weighted by atomic mass is 14.2. The second-order valence-electron chi connectivity index (χ2n) is 2.54. The van der Waals surface area contributed by atoms with Crippen molar-refractivity contribution in [3.8, 4) is 11.8 Å². The van der Waals surface area contributed by atoms with Crippen molar-refractivity contribution in [2.24, 2.45) is 5.92 Å². The van der Waals surface area contributed by atoms with Gasteiger partial charge in [-0.1, -0.05) is 11.8 Å². The SMILES string of the molecule is C[C](C)C#CC1CC1. The second-order valence-corrected chi connectivity index (χ2v) is 2.54. The fourth-order valence-corrected chi connectivity index (χ4v) is 0.474. The average Bonchev–Trinajstić information content (AvgIpc) is 2.41. The van der Waals surface area contributed by atoms with Crippen LogP contribution in [0.5, 0.6) is 0 Å². The fourth-order valence-electron chi connectivity index (χ4n) is 0.474. The number of hydrogen-bond donors (Lipinski definition) is 0. The summed E-state index contributed by atoms with van der Waals surface area (Å²) in [6, 6.07) is 0. The summed E-state index contributed by atoms with van der Waals surface area (Å²) in [5, 5.41) is 0. The molecule has 0 aromatic rings. The van der Waals surface area contributed by atoms with E-state index in [0.717, 1.165) is 5.92 Å². The van der Waals surface area contributed by atoms with Gasteiger partial charge >= 0.3 is 0 Å². The van der Waals surface area contributed by atoms with Crippen molar-refractivity contribution in [1.82, 2.24) is 0 Å². The molecule has 43 valence electrons. The molecule has 0 nitrogen and oxygen atoms in total. The van der Waals surface area contributed by atoms with E-state index in [0.29, 0.717) is 0 Å². The molecule has 0 aliphatic heterocycles. The van der Waals surface area contributed by atoms with Crippen molar-refractivity contribution in [3.05, 3.63) is 5.92 Å². The standard InChI is InChI=1S/C8H11/c1-7(2)3-4-8-5-6-8/h8H,5-6H2,1-2H3. The summed E-state index contributed by atoms with van der Waals surface area (Å²) in [5.74, 6) is 8.23. The highest BCUT2D eigenvalue weighted by Crippen LogP contribution is 2.27. The zero-order chi connectivity index (χ0) is 5.98. The van der Waals surface area contributed by atoms with Crippen molar-refractivity contribution in [1.29, 1.82) is 0 Å². The molecule has 1 saturated carbocycles. The van der Waals surface area contributed by atoms with Gasteiger partial charge in [-0.05, 0) is 26.7 Å². The maximum absolute atomic E-state index is 3.17. The van der Waals surface area contributed by atoms with Gasteiger partial charge in [0.1, 0.15) is 0 Å². The summed E-state index contributed by atoms with van der Waals surface area (Å²) in [6.45, 7) is 4.10. The van der Waals surface area contributed by atoms with E-state index in [4.69, 9.17) is 0 Å². The highest BCUT2D eigenvalue weighted by molar-refractivity contribution is 5.20. The van der Waals surface area contributed by atoms with Gasteiger partial charge in [-0.2, -0.15) is 0 Å². The zero-order valence-corrected chi connectivity index (χ0v) is 5.49. The Morgan fingerprint density at radius 3 is 2.38 bits per heavy atom. The van der Waals surface area contributed by atoms with E-state index >= 15 is 0 Å². The van der Waals surface area contributed by atoms with Crippen molar-refractivity contribution >= 4 is 0 Å². The molecule has 0 spiro atoms. The maximum Gasteiger partial charge on any atom is 0.0418 e. The topological polar surface area (TPSA) is 0 Å².